The zero-order valence-corrected chi connectivity index (χ0v) is 11.5. The minimum Gasteiger partial charge on any atom is -0.481 e. The third-order valence-corrected chi connectivity index (χ3v) is 3.38. The Morgan fingerprint density at radius 1 is 1.29 bits per heavy atom. The SMILES string of the molecule is CCCCSCCC(=O)NC(C)CCC(=O)O. The highest BCUT2D eigenvalue weighted by Crippen LogP contribution is 2.06. The first kappa shape index (κ1) is 16.3. The summed E-state index contributed by atoms with van der Waals surface area (Å²) >= 11 is 1.80. The summed E-state index contributed by atoms with van der Waals surface area (Å²) in [5, 5.41) is 11.3. The molecule has 2 N–H and O–H groups in total. The first-order valence-corrected chi connectivity index (χ1v) is 7.30. The minimum atomic E-state index is -0.818. The molecule has 1 atom stereocenters. The molecule has 0 aromatic carbocycles. The number of carboxylic acids is 1. The first-order chi connectivity index (χ1) is 8.06. The van der Waals surface area contributed by atoms with E-state index in [2.05, 4.69) is 12.2 Å². The molecule has 5 heteroatoms. The normalized spacial score (nSPS) is 12.1. The summed E-state index contributed by atoms with van der Waals surface area (Å²) in [7, 11) is 0. The lowest BCUT2D eigenvalue weighted by atomic mass is 10.2. The fourth-order valence-electron chi connectivity index (χ4n) is 1.27. The maximum absolute atomic E-state index is 11.5. The Balaban J connectivity index is 3.47. The van der Waals surface area contributed by atoms with E-state index < -0.39 is 5.97 Å². The smallest absolute Gasteiger partial charge is 0.303 e. The van der Waals surface area contributed by atoms with E-state index in [4.69, 9.17) is 5.11 Å². The van der Waals surface area contributed by atoms with Crippen LogP contribution in [0.1, 0.15) is 46.0 Å². The van der Waals surface area contributed by atoms with E-state index in [1.807, 2.05) is 6.92 Å². The molecule has 1 unspecified atom stereocenters. The lowest BCUT2D eigenvalue weighted by molar-refractivity contribution is -0.137. The van der Waals surface area contributed by atoms with Crippen LogP contribution in [0.3, 0.4) is 0 Å². The van der Waals surface area contributed by atoms with Crippen molar-refractivity contribution < 1.29 is 14.7 Å². The summed E-state index contributed by atoms with van der Waals surface area (Å²) in [4.78, 5) is 21.8. The zero-order chi connectivity index (χ0) is 13.1. The molecule has 0 heterocycles. The van der Waals surface area contributed by atoms with Crippen LogP contribution in [0.4, 0.5) is 0 Å². The van der Waals surface area contributed by atoms with Crippen LogP contribution >= 0.6 is 11.8 Å². The van der Waals surface area contributed by atoms with Crippen molar-refractivity contribution in [3.8, 4) is 0 Å². The molecule has 0 aromatic heterocycles. The van der Waals surface area contributed by atoms with Gasteiger partial charge in [0.2, 0.25) is 5.91 Å². The summed E-state index contributed by atoms with van der Waals surface area (Å²) in [6, 6.07) is -0.0563. The van der Waals surface area contributed by atoms with Gasteiger partial charge in [-0.15, -0.1) is 0 Å². The third kappa shape index (κ3) is 11.6. The van der Waals surface area contributed by atoms with E-state index in [-0.39, 0.29) is 18.4 Å². The lowest BCUT2D eigenvalue weighted by Gasteiger charge is -2.12. The summed E-state index contributed by atoms with van der Waals surface area (Å²) in [5.74, 6) is 1.16. The molecule has 4 nitrogen and oxygen atoms in total. The highest BCUT2D eigenvalue weighted by Gasteiger charge is 2.08. The highest BCUT2D eigenvalue weighted by molar-refractivity contribution is 7.99. The first-order valence-electron chi connectivity index (χ1n) is 6.15. The van der Waals surface area contributed by atoms with Crippen molar-refractivity contribution >= 4 is 23.6 Å². The summed E-state index contributed by atoms with van der Waals surface area (Å²) < 4.78 is 0. The number of unbranched alkanes of at least 4 members (excludes halogenated alkanes) is 1. The molecule has 17 heavy (non-hydrogen) atoms. The van der Waals surface area contributed by atoms with Gasteiger partial charge in [-0.2, -0.15) is 11.8 Å². The average molecular weight is 261 g/mol. The van der Waals surface area contributed by atoms with Crippen molar-refractivity contribution in [1.82, 2.24) is 5.32 Å². The van der Waals surface area contributed by atoms with E-state index in [1.54, 1.807) is 11.8 Å². The molecule has 0 aliphatic rings. The largest absolute Gasteiger partial charge is 0.481 e. The van der Waals surface area contributed by atoms with Crippen molar-refractivity contribution in [2.24, 2.45) is 0 Å². The van der Waals surface area contributed by atoms with E-state index in [1.165, 1.54) is 12.8 Å². The van der Waals surface area contributed by atoms with Crippen LogP contribution in [0.2, 0.25) is 0 Å². The number of carbonyl (C=O) groups is 2. The maximum atomic E-state index is 11.5. The van der Waals surface area contributed by atoms with E-state index in [0.717, 1.165) is 11.5 Å². The molecule has 0 aliphatic heterocycles. The van der Waals surface area contributed by atoms with Gasteiger partial charge >= 0.3 is 5.97 Å². The molecule has 0 aromatic rings. The number of carboxylic acid groups (broad SMARTS) is 1. The van der Waals surface area contributed by atoms with Crippen molar-refractivity contribution in [3.63, 3.8) is 0 Å². The third-order valence-electron chi connectivity index (χ3n) is 2.31. The van der Waals surface area contributed by atoms with Crippen molar-refractivity contribution in [2.75, 3.05) is 11.5 Å². The van der Waals surface area contributed by atoms with Crippen LogP contribution in [-0.2, 0) is 9.59 Å². The van der Waals surface area contributed by atoms with E-state index >= 15 is 0 Å². The van der Waals surface area contributed by atoms with Gasteiger partial charge in [0.25, 0.3) is 0 Å². The Bertz CT molecular complexity index is 234. The zero-order valence-electron chi connectivity index (χ0n) is 10.7. The number of aliphatic carboxylic acids is 1. The Hall–Kier alpha value is -0.710. The Labute approximate surface area is 108 Å². The number of amides is 1. The summed E-state index contributed by atoms with van der Waals surface area (Å²) in [6.45, 7) is 3.99. The van der Waals surface area contributed by atoms with Crippen LogP contribution in [0, 0.1) is 0 Å². The topological polar surface area (TPSA) is 66.4 Å². The number of thioether (sulfide) groups is 1. The molecule has 100 valence electrons. The van der Waals surface area contributed by atoms with Crippen molar-refractivity contribution in [3.05, 3.63) is 0 Å². The lowest BCUT2D eigenvalue weighted by Crippen LogP contribution is -2.33. The van der Waals surface area contributed by atoms with Crippen molar-refractivity contribution in [1.29, 1.82) is 0 Å². The maximum Gasteiger partial charge on any atom is 0.303 e. The number of hydrogen-bond acceptors (Lipinski definition) is 3. The quantitative estimate of drug-likeness (QED) is 0.592. The van der Waals surface area contributed by atoms with E-state index in [9.17, 15) is 9.59 Å². The second-order valence-corrected chi connectivity index (χ2v) is 5.34. The molecule has 0 radical (unpaired) electrons. The molecule has 0 bridgehead atoms. The monoisotopic (exact) mass is 261 g/mol. The Morgan fingerprint density at radius 3 is 2.59 bits per heavy atom. The molecule has 0 fully saturated rings. The number of carbonyl (C=O) groups excluding carboxylic acids is 1. The predicted molar refractivity (Wildman–Crippen MR) is 71.3 cm³/mol. The Kier molecular flexibility index (Phi) is 10.0. The van der Waals surface area contributed by atoms with E-state index in [0.29, 0.717) is 12.8 Å². The highest BCUT2D eigenvalue weighted by atomic mass is 32.2. The summed E-state index contributed by atoms with van der Waals surface area (Å²) in [6.07, 6.45) is 3.50. The second kappa shape index (κ2) is 10.4. The van der Waals surface area contributed by atoms with Gasteiger partial charge in [0.1, 0.15) is 0 Å². The van der Waals surface area contributed by atoms with Crippen LogP contribution in [0.25, 0.3) is 0 Å². The van der Waals surface area contributed by atoms with Crippen LogP contribution < -0.4 is 5.32 Å². The van der Waals surface area contributed by atoms with Gasteiger partial charge in [0.05, 0.1) is 0 Å². The second-order valence-electron chi connectivity index (χ2n) is 4.12. The Morgan fingerprint density at radius 2 is 2.00 bits per heavy atom. The van der Waals surface area contributed by atoms with Gasteiger partial charge in [0, 0.05) is 24.6 Å². The van der Waals surface area contributed by atoms with Crippen LogP contribution in [0.5, 0.6) is 0 Å². The van der Waals surface area contributed by atoms with Crippen LogP contribution in [-0.4, -0.2) is 34.5 Å². The molecule has 1 amide bonds. The number of hydrogen-bond donors (Lipinski definition) is 2. The van der Waals surface area contributed by atoms with Gasteiger partial charge in [-0.3, -0.25) is 9.59 Å². The van der Waals surface area contributed by atoms with Gasteiger partial charge in [-0.1, -0.05) is 13.3 Å². The molecular formula is C12H23NO3S. The fraction of sp³-hybridized carbons (Fsp3) is 0.833. The molecule has 0 saturated heterocycles. The van der Waals surface area contributed by atoms with Gasteiger partial charge < -0.3 is 10.4 Å². The fourth-order valence-corrected chi connectivity index (χ4v) is 2.30. The number of rotatable bonds is 10. The molecule has 0 rings (SSSR count). The molecular weight excluding hydrogens is 238 g/mol. The van der Waals surface area contributed by atoms with Crippen molar-refractivity contribution in [2.45, 2.75) is 52.0 Å². The standard InChI is InChI=1S/C12H23NO3S/c1-3-4-8-17-9-7-11(14)13-10(2)5-6-12(15)16/h10H,3-9H2,1-2H3,(H,13,14)(H,15,16). The molecule has 0 spiro atoms. The predicted octanol–water partition coefficient (Wildman–Crippen LogP) is 2.28. The van der Waals surface area contributed by atoms with Crippen LogP contribution in [0.15, 0.2) is 0 Å². The number of nitrogens with one attached hydrogen (secondary N) is 1. The van der Waals surface area contributed by atoms with Gasteiger partial charge in [0.15, 0.2) is 0 Å². The molecule has 0 aliphatic carbocycles. The average Bonchev–Trinajstić information content (AvgIpc) is 2.26. The minimum absolute atomic E-state index is 0.0203. The van der Waals surface area contributed by atoms with Gasteiger partial charge in [-0.05, 0) is 25.5 Å². The summed E-state index contributed by atoms with van der Waals surface area (Å²) in [5.41, 5.74) is 0. The molecule has 0 saturated carbocycles. The van der Waals surface area contributed by atoms with Gasteiger partial charge in [-0.25, -0.2) is 0 Å².